The number of rotatable bonds is 6. The summed E-state index contributed by atoms with van der Waals surface area (Å²) in [5.41, 5.74) is 0.830. The molecular weight excluding hydrogens is 535 g/mol. The summed E-state index contributed by atoms with van der Waals surface area (Å²) in [7, 11) is 0. The van der Waals surface area contributed by atoms with Crippen LogP contribution in [0.1, 0.15) is 32.6 Å². The van der Waals surface area contributed by atoms with Gasteiger partial charge in [0.15, 0.2) is 5.96 Å². The topological polar surface area (TPSA) is 105 Å². The second-order valence-corrected chi connectivity index (χ2v) is 7.25. The Labute approximate surface area is 204 Å². The predicted octanol–water partition coefficient (Wildman–Crippen LogP) is 3.68. The molecule has 0 unspecified atom stereocenters. The van der Waals surface area contributed by atoms with Crippen LogP contribution in [0, 0.1) is 0 Å². The summed E-state index contributed by atoms with van der Waals surface area (Å²) in [6, 6.07) is 7.47. The van der Waals surface area contributed by atoms with Crippen molar-refractivity contribution in [1.29, 1.82) is 0 Å². The van der Waals surface area contributed by atoms with E-state index < -0.39 is 0 Å². The number of hydrogen-bond acceptors (Lipinski definition) is 6. The zero-order valence-electron chi connectivity index (χ0n) is 17.6. The lowest BCUT2D eigenvalue weighted by Gasteiger charge is -2.32. The quantitative estimate of drug-likeness (QED) is 0.314. The maximum Gasteiger partial charge on any atom is 0.409 e. The normalized spacial score (nSPS) is 14.7. The largest absolute Gasteiger partial charge is 0.450 e. The number of ether oxygens (including phenoxy) is 1. The Hall–Kier alpha value is -2.08. The lowest BCUT2D eigenvalue weighted by Crippen LogP contribution is -2.49. The molecule has 1 amide bonds. The summed E-state index contributed by atoms with van der Waals surface area (Å²) in [5, 5.41) is 11.3. The van der Waals surface area contributed by atoms with Gasteiger partial charge in [-0.2, -0.15) is 4.98 Å². The smallest absolute Gasteiger partial charge is 0.409 e. The van der Waals surface area contributed by atoms with E-state index in [2.05, 4.69) is 25.8 Å². The van der Waals surface area contributed by atoms with Gasteiger partial charge in [0.05, 0.1) is 6.61 Å². The number of nitrogens with zero attached hydrogens (tertiary/aromatic N) is 4. The van der Waals surface area contributed by atoms with E-state index in [1.807, 2.05) is 26.0 Å². The number of guanidine groups is 1. The minimum atomic E-state index is -0.246. The molecule has 1 fully saturated rings. The van der Waals surface area contributed by atoms with Crippen LogP contribution in [0.4, 0.5) is 4.79 Å². The molecule has 170 valence electrons. The van der Waals surface area contributed by atoms with Crippen molar-refractivity contribution in [2.45, 2.75) is 39.3 Å². The van der Waals surface area contributed by atoms with Crippen LogP contribution in [0.15, 0.2) is 33.8 Å². The third-order valence-corrected chi connectivity index (χ3v) is 4.90. The second-order valence-electron chi connectivity index (χ2n) is 6.82. The number of halogens is 2. The van der Waals surface area contributed by atoms with Gasteiger partial charge in [-0.15, -0.1) is 24.0 Å². The molecule has 1 aromatic heterocycles. The van der Waals surface area contributed by atoms with Crippen LogP contribution in [0.5, 0.6) is 0 Å². The van der Waals surface area contributed by atoms with Crippen molar-refractivity contribution < 1.29 is 14.1 Å². The molecular formula is C20H28ClIN6O3. The van der Waals surface area contributed by atoms with Crippen molar-refractivity contribution in [3.05, 3.63) is 35.2 Å². The maximum absolute atomic E-state index is 11.8. The SMILES string of the molecule is CCNC(=NCc1nc(-c2ccc(Cl)cc2)no1)NC1CCN(C(=O)OCC)CC1.I. The average Bonchev–Trinajstić information content (AvgIpc) is 3.22. The zero-order chi connectivity index (χ0) is 21.3. The van der Waals surface area contributed by atoms with Gasteiger partial charge in [-0.25, -0.2) is 9.79 Å². The number of piperidine rings is 1. The molecule has 1 saturated heterocycles. The molecule has 1 aliphatic heterocycles. The third kappa shape index (κ3) is 7.53. The standard InChI is InChI=1S/C20H27ClN6O3.HI/c1-3-22-19(24-16-9-11-27(12-10-16)20(28)29-4-2)23-13-17-25-18(26-30-17)14-5-7-15(21)8-6-14;/h5-8,16H,3-4,9-13H2,1-2H3,(H2,22,23,24);1H. The highest BCUT2D eigenvalue weighted by molar-refractivity contribution is 14.0. The van der Waals surface area contributed by atoms with E-state index in [1.54, 1.807) is 17.0 Å². The van der Waals surface area contributed by atoms with Crippen LogP contribution >= 0.6 is 35.6 Å². The Morgan fingerprint density at radius 3 is 2.65 bits per heavy atom. The lowest BCUT2D eigenvalue weighted by molar-refractivity contribution is 0.0963. The fourth-order valence-corrected chi connectivity index (χ4v) is 3.24. The van der Waals surface area contributed by atoms with Crippen LogP contribution in [0.25, 0.3) is 11.4 Å². The van der Waals surface area contributed by atoms with Gasteiger partial charge in [0.2, 0.25) is 11.7 Å². The number of nitrogens with one attached hydrogen (secondary N) is 2. The molecule has 1 aliphatic rings. The number of aliphatic imine (C=N–C) groups is 1. The number of carbonyl (C=O) groups is 1. The molecule has 3 rings (SSSR count). The van der Waals surface area contributed by atoms with E-state index in [4.69, 9.17) is 20.9 Å². The molecule has 0 atom stereocenters. The summed E-state index contributed by atoms with van der Waals surface area (Å²) < 4.78 is 10.4. The fraction of sp³-hybridized carbons (Fsp3) is 0.500. The number of benzene rings is 1. The summed E-state index contributed by atoms with van der Waals surface area (Å²) in [6.07, 6.45) is 1.40. The van der Waals surface area contributed by atoms with Gasteiger partial charge in [0, 0.05) is 36.3 Å². The molecule has 0 saturated carbocycles. The molecule has 9 nitrogen and oxygen atoms in total. The molecule has 0 bridgehead atoms. The predicted molar refractivity (Wildman–Crippen MR) is 130 cm³/mol. The number of likely N-dealkylation sites (tertiary alicyclic amines) is 1. The van der Waals surface area contributed by atoms with Crippen molar-refractivity contribution in [1.82, 2.24) is 25.7 Å². The van der Waals surface area contributed by atoms with Gasteiger partial charge in [-0.1, -0.05) is 16.8 Å². The van der Waals surface area contributed by atoms with Crippen LogP contribution in [0.2, 0.25) is 5.02 Å². The summed E-state index contributed by atoms with van der Waals surface area (Å²) in [6.45, 7) is 6.52. The third-order valence-electron chi connectivity index (χ3n) is 4.65. The van der Waals surface area contributed by atoms with Crippen LogP contribution in [-0.2, 0) is 11.3 Å². The number of hydrogen-bond donors (Lipinski definition) is 2. The molecule has 0 radical (unpaired) electrons. The Morgan fingerprint density at radius 1 is 1.29 bits per heavy atom. The zero-order valence-corrected chi connectivity index (χ0v) is 20.7. The molecule has 2 heterocycles. The Morgan fingerprint density at radius 2 is 2.00 bits per heavy atom. The molecule has 31 heavy (non-hydrogen) atoms. The first-order valence-corrected chi connectivity index (χ1v) is 10.5. The van der Waals surface area contributed by atoms with E-state index in [9.17, 15) is 4.79 Å². The highest BCUT2D eigenvalue weighted by Crippen LogP contribution is 2.19. The van der Waals surface area contributed by atoms with E-state index in [0.29, 0.717) is 42.4 Å². The van der Waals surface area contributed by atoms with E-state index in [-0.39, 0.29) is 42.7 Å². The van der Waals surface area contributed by atoms with E-state index >= 15 is 0 Å². The van der Waals surface area contributed by atoms with Crippen molar-refractivity contribution in [3.8, 4) is 11.4 Å². The van der Waals surface area contributed by atoms with Gasteiger partial charge in [-0.3, -0.25) is 0 Å². The minimum Gasteiger partial charge on any atom is -0.450 e. The molecule has 2 aromatic rings. The second kappa shape index (κ2) is 12.7. The monoisotopic (exact) mass is 562 g/mol. The van der Waals surface area contributed by atoms with Gasteiger partial charge in [0.1, 0.15) is 6.54 Å². The van der Waals surface area contributed by atoms with E-state index in [1.165, 1.54) is 0 Å². The Bertz CT molecular complexity index is 853. The van der Waals surface area contributed by atoms with Crippen molar-refractivity contribution in [3.63, 3.8) is 0 Å². The molecule has 1 aromatic carbocycles. The summed E-state index contributed by atoms with van der Waals surface area (Å²) in [4.78, 5) is 22.5. The number of amides is 1. The fourth-order valence-electron chi connectivity index (χ4n) is 3.12. The number of aromatic nitrogens is 2. The highest BCUT2D eigenvalue weighted by atomic mass is 127. The van der Waals surface area contributed by atoms with Crippen molar-refractivity contribution in [2.24, 2.45) is 4.99 Å². The maximum atomic E-state index is 11.8. The summed E-state index contributed by atoms with van der Waals surface area (Å²) >= 11 is 5.91. The van der Waals surface area contributed by atoms with Crippen LogP contribution in [0.3, 0.4) is 0 Å². The number of carbonyl (C=O) groups excluding carboxylic acids is 1. The van der Waals surface area contributed by atoms with Gasteiger partial charge >= 0.3 is 6.09 Å². The summed E-state index contributed by atoms with van der Waals surface area (Å²) in [5.74, 6) is 1.61. The first kappa shape index (κ1) is 25.2. The van der Waals surface area contributed by atoms with Crippen LogP contribution < -0.4 is 10.6 Å². The first-order valence-electron chi connectivity index (χ1n) is 10.1. The Balaban J connectivity index is 0.00000341. The van der Waals surface area contributed by atoms with Gasteiger partial charge in [-0.05, 0) is 51.0 Å². The molecule has 0 aliphatic carbocycles. The van der Waals surface area contributed by atoms with E-state index in [0.717, 1.165) is 24.9 Å². The van der Waals surface area contributed by atoms with Gasteiger partial charge < -0.3 is 24.8 Å². The first-order chi connectivity index (χ1) is 14.6. The lowest BCUT2D eigenvalue weighted by atomic mass is 10.1. The molecule has 2 N–H and O–H groups in total. The van der Waals surface area contributed by atoms with Gasteiger partial charge in [0.25, 0.3) is 0 Å². The van der Waals surface area contributed by atoms with Crippen molar-refractivity contribution in [2.75, 3.05) is 26.2 Å². The highest BCUT2D eigenvalue weighted by Gasteiger charge is 2.24. The molecule has 11 heteroatoms. The minimum absolute atomic E-state index is 0. The Kier molecular flexibility index (Phi) is 10.3. The van der Waals surface area contributed by atoms with Crippen LogP contribution in [-0.4, -0.2) is 59.4 Å². The average molecular weight is 563 g/mol. The van der Waals surface area contributed by atoms with Crippen molar-refractivity contribution >= 4 is 47.6 Å². The molecule has 0 spiro atoms.